The van der Waals surface area contributed by atoms with Gasteiger partial charge in [-0.1, -0.05) is 18.2 Å². The SMILES string of the molecule is Nc1cccc(OC2=CC=CC(Oc3cccc(N)c3)(c3cc(Oc4ccc(N)cc4C(F)(F)F)ccc3Oc3ccc(N)cc3C(F)(F)F)C2)c1. The number of anilines is 4. The molecule has 5 aromatic rings. The van der Waals surface area contributed by atoms with Gasteiger partial charge in [-0.3, -0.25) is 0 Å². The van der Waals surface area contributed by atoms with Crippen LogP contribution >= 0.6 is 0 Å². The average molecular weight is 721 g/mol. The number of alkyl halides is 6. The molecule has 1 aliphatic carbocycles. The third-order valence-electron chi connectivity index (χ3n) is 7.82. The molecule has 8 N–H and O–H groups in total. The van der Waals surface area contributed by atoms with Crippen molar-refractivity contribution in [3.05, 3.63) is 144 Å². The van der Waals surface area contributed by atoms with E-state index in [9.17, 15) is 26.3 Å². The summed E-state index contributed by atoms with van der Waals surface area (Å²) in [4.78, 5) is 0. The third-order valence-corrected chi connectivity index (χ3v) is 7.82. The maximum atomic E-state index is 14.2. The molecule has 0 aliphatic heterocycles. The Kier molecular flexibility index (Phi) is 9.32. The third kappa shape index (κ3) is 7.96. The van der Waals surface area contributed by atoms with Crippen molar-refractivity contribution in [1.29, 1.82) is 0 Å². The summed E-state index contributed by atoms with van der Waals surface area (Å²) in [6, 6.07) is 22.9. The molecule has 52 heavy (non-hydrogen) atoms. The topological polar surface area (TPSA) is 141 Å². The van der Waals surface area contributed by atoms with E-state index in [1.165, 1.54) is 36.4 Å². The highest BCUT2D eigenvalue weighted by Crippen LogP contribution is 2.48. The summed E-state index contributed by atoms with van der Waals surface area (Å²) in [5.74, 6) is -0.510. The maximum Gasteiger partial charge on any atom is 0.420 e. The van der Waals surface area contributed by atoms with Gasteiger partial charge in [-0.25, -0.2) is 0 Å². The van der Waals surface area contributed by atoms with Crippen LogP contribution in [0.2, 0.25) is 0 Å². The van der Waals surface area contributed by atoms with E-state index in [1.807, 2.05) is 0 Å². The Labute approximate surface area is 293 Å². The van der Waals surface area contributed by atoms with Crippen molar-refractivity contribution in [3.8, 4) is 34.5 Å². The molecule has 1 unspecified atom stereocenters. The number of hydrogen-bond donors (Lipinski definition) is 4. The minimum Gasteiger partial charge on any atom is -0.478 e. The van der Waals surface area contributed by atoms with Crippen molar-refractivity contribution < 1.29 is 45.3 Å². The smallest absolute Gasteiger partial charge is 0.420 e. The fourth-order valence-corrected chi connectivity index (χ4v) is 5.54. The van der Waals surface area contributed by atoms with Gasteiger partial charge in [0.25, 0.3) is 0 Å². The highest BCUT2D eigenvalue weighted by atomic mass is 19.4. The number of hydrogen-bond acceptors (Lipinski definition) is 8. The molecule has 0 radical (unpaired) electrons. The van der Waals surface area contributed by atoms with E-state index in [1.54, 1.807) is 60.7 Å². The molecule has 0 saturated heterocycles. The molecule has 0 heterocycles. The summed E-state index contributed by atoms with van der Waals surface area (Å²) < 4.78 is 109. The molecule has 1 atom stereocenters. The monoisotopic (exact) mass is 720 g/mol. The van der Waals surface area contributed by atoms with E-state index in [-0.39, 0.29) is 40.6 Å². The second-order valence-electron chi connectivity index (χ2n) is 11.8. The Hall–Kier alpha value is -6.44. The minimum atomic E-state index is -4.86. The predicted octanol–water partition coefficient (Wildman–Crippen LogP) is 9.83. The molecule has 5 aromatic carbocycles. The average Bonchev–Trinajstić information content (AvgIpc) is 3.06. The molecular formula is C38H30F6N4O4. The molecule has 1 aliphatic rings. The number of rotatable bonds is 9. The summed E-state index contributed by atoms with van der Waals surface area (Å²) in [5.41, 5.74) is 19.9. The number of nitrogen functional groups attached to an aromatic ring is 4. The van der Waals surface area contributed by atoms with E-state index in [4.69, 9.17) is 41.9 Å². The number of benzene rings is 5. The van der Waals surface area contributed by atoms with Crippen molar-refractivity contribution in [2.75, 3.05) is 22.9 Å². The van der Waals surface area contributed by atoms with E-state index in [0.717, 1.165) is 24.3 Å². The van der Waals surface area contributed by atoms with Gasteiger partial charge in [0, 0.05) is 40.4 Å². The van der Waals surface area contributed by atoms with Crippen LogP contribution in [0.25, 0.3) is 0 Å². The predicted molar refractivity (Wildman–Crippen MR) is 185 cm³/mol. The standard InChI is InChI=1S/C38H30F6N4O4/c39-37(40,41)31-18-24(47)9-12-34(31)50-27-11-14-33(51-35-13-10-25(48)19-32(35)38(42,43)44)30(20-27)36(52-28-7-2-5-23(46)17-28)15-3-8-29(21-36)49-26-6-1-4-22(45)16-26/h1-20H,21,45-48H2. The largest absolute Gasteiger partial charge is 0.478 e. The van der Waals surface area contributed by atoms with Crippen molar-refractivity contribution in [1.82, 2.24) is 0 Å². The first-order valence-electron chi connectivity index (χ1n) is 15.5. The first kappa shape index (κ1) is 35.4. The second kappa shape index (κ2) is 13.7. The molecular weight excluding hydrogens is 690 g/mol. The van der Waals surface area contributed by atoms with Gasteiger partial charge < -0.3 is 41.9 Å². The van der Waals surface area contributed by atoms with Crippen LogP contribution in [0, 0.1) is 0 Å². The molecule has 0 saturated carbocycles. The fourth-order valence-electron chi connectivity index (χ4n) is 5.54. The van der Waals surface area contributed by atoms with Gasteiger partial charge in [0.1, 0.15) is 51.4 Å². The van der Waals surface area contributed by atoms with Gasteiger partial charge in [0.2, 0.25) is 0 Å². The van der Waals surface area contributed by atoms with Crippen LogP contribution in [0.15, 0.2) is 127 Å². The number of nitrogens with two attached hydrogens (primary N) is 4. The van der Waals surface area contributed by atoms with Crippen LogP contribution in [0.4, 0.5) is 49.1 Å². The van der Waals surface area contributed by atoms with Gasteiger partial charge in [0.15, 0.2) is 5.60 Å². The van der Waals surface area contributed by atoms with Crippen molar-refractivity contribution in [2.24, 2.45) is 0 Å². The summed E-state index contributed by atoms with van der Waals surface area (Å²) in [7, 11) is 0. The number of ether oxygens (including phenoxy) is 4. The van der Waals surface area contributed by atoms with Crippen molar-refractivity contribution in [2.45, 2.75) is 24.4 Å². The highest BCUT2D eigenvalue weighted by Gasteiger charge is 2.41. The zero-order valence-electron chi connectivity index (χ0n) is 27.0. The molecule has 0 spiro atoms. The summed E-state index contributed by atoms with van der Waals surface area (Å²) in [5, 5.41) is 0. The Morgan fingerprint density at radius 2 is 1.04 bits per heavy atom. The maximum absolute atomic E-state index is 14.2. The Balaban J connectivity index is 1.53. The Morgan fingerprint density at radius 3 is 1.63 bits per heavy atom. The zero-order valence-corrected chi connectivity index (χ0v) is 27.0. The van der Waals surface area contributed by atoms with Crippen molar-refractivity contribution >= 4 is 22.7 Å². The lowest BCUT2D eigenvalue weighted by Gasteiger charge is -2.36. The highest BCUT2D eigenvalue weighted by molar-refractivity contribution is 5.56. The van der Waals surface area contributed by atoms with Gasteiger partial charge in [-0.2, -0.15) is 26.3 Å². The molecule has 0 aromatic heterocycles. The number of allylic oxidation sites excluding steroid dienone is 2. The summed E-state index contributed by atoms with van der Waals surface area (Å²) in [6.45, 7) is 0. The Morgan fingerprint density at radius 1 is 0.519 bits per heavy atom. The van der Waals surface area contributed by atoms with Gasteiger partial charge in [0.05, 0.1) is 6.42 Å². The Bertz CT molecular complexity index is 2180. The van der Waals surface area contributed by atoms with Crippen LogP contribution in [-0.2, 0) is 18.0 Å². The number of halogens is 6. The molecule has 0 fully saturated rings. The lowest BCUT2D eigenvalue weighted by molar-refractivity contribution is -0.139. The summed E-state index contributed by atoms with van der Waals surface area (Å²) in [6.07, 6.45) is -4.94. The first-order valence-corrected chi connectivity index (χ1v) is 15.5. The van der Waals surface area contributed by atoms with Crippen LogP contribution in [0.3, 0.4) is 0 Å². The van der Waals surface area contributed by atoms with E-state index in [2.05, 4.69) is 0 Å². The minimum absolute atomic E-state index is 0.0550. The molecule has 8 nitrogen and oxygen atoms in total. The summed E-state index contributed by atoms with van der Waals surface area (Å²) >= 11 is 0. The van der Waals surface area contributed by atoms with E-state index < -0.39 is 40.6 Å². The lowest BCUT2D eigenvalue weighted by atomic mass is 9.85. The zero-order chi connectivity index (χ0) is 37.3. The van der Waals surface area contributed by atoms with Gasteiger partial charge in [-0.15, -0.1) is 0 Å². The van der Waals surface area contributed by atoms with Gasteiger partial charge >= 0.3 is 12.4 Å². The van der Waals surface area contributed by atoms with Crippen LogP contribution in [-0.4, -0.2) is 0 Å². The normalized spacial score (nSPS) is 15.8. The van der Waals surface area contributed by atoms with E-state index >= 15 is 0 Å². The van der Waals surface area contributed by atoms with Crippen LogP contribution in [0.1, 0.15) is 23.1 Å². The second-order valence-corrected chi connectivity index (χ2v) is 11.8. The van der Waals surface area contributed by atoms with Crippen molar-refractivity contribution in [3.63, 3.8) is 0 Å². The first-order chi connectivity index (χ1) is 24.6. The molecule has 6 rings (SSSR count). The van der Waals surface area contributed by atoms with E-state index in [0.29, 0.717) is 22.9 Å². The lowest BCUT2D eigenvalue weighted by Crippen LogP contribution is -2.34. The fraction of sp³-hybridized carbons (Fsp3) is 0.105. The molecule has 268 valence electrons. The molecule has 14 heteroatoms. The molecule has 0 amide bonds. The quantitative estimate of drug-likeness (QED) is 0.0871. The van der Waals surface area contributed by atoms with Gasteiger partial charge in [-0.05, 0) is 91.0 Å². The van der Waals surface area contributed by atoms with Crippen LogP contribution < -0.4 is 41.9 Å². The molecule has 0 bridgehead atoms. The van der Waals surface area contributed by atoms with Crippen LogP contribution in [0.5, 0.6) is 34.5 Å².